The van der Waals surface area contributed by atoms with E-state index in [2.05, 4.69) is 48.5 Å². The second-order valence-corrected chi connectivity index (χ2v) is 8.15. The Kier molecular flexibility index (Phi) is 3.31. The summed E-state index contributed by atoms with van der Waals surface area (Å²) in [5.41, 5.74) is 5.81. The van der Waals surface area contributed by atoms with Gasteiger partial charge in [-0.1, -0.05) is 74.2 Å². The van der Waals surface area contributed by atoms with E-state index in [9.17, 15) is 0 Å². The fraction of sp³-hybridized carbons (Fsp3) is 0.429. The van der Waals surface area contributed by atoms with Crippen molar-refractivity contribution in [2.75, 3.05) is 0 Å². The Bertz CT molecular complexity index is 693. The first-order chi connectivity index (χ1) is 11.4. The molecule has 5 rings (SSSR count). The van der Waals surface area contributed by atoms with Gasteiger partial charge in [-0.25, -0.2) is 0 Å². The fourth-order valence-electron chi connectivity index (χ4n) is 4.95. The van der Waals surface area contributed by atoms with Gasteiger partial charge in [0.25, 0.3) is 0 Å². The third-order valence-electron chi connectivity index (χ3n) is 5.97. The number of hydrogen-bond acceptors (Lipinski definition) is 2. The predicted molar refractivity (Wildman–Crippen MR) is 96.3 cm³/mol. The zero-order chi connectivity index (χ0) is 15.3. The zero-order valence-corrected chi connectivity index (χ0v) is 14.1. The van der Waals surface area contributed by atoms with Crippen molar-refractivity contribution in [3.63, 3.8) is 0 Å². The van der Waals surface area contributed by atoms with Crippen LogP contribution in [-0.4, -0.2) is 6.10 Å². The van der Waals surface area contributed by atoms with Gasteiger partial charge in [-0.2, -0.15) is 0 Å². The third kappa shape index (κ3) is 1.91. The fourth-order valence-corrected chi connectivity index (χ4v) is 6.38. The molecule has 2 heteroatoms. The van der Waals surface area contributed by atoms with Crippen LogP contribution in [0.3, 0.4) is 0 Å². The molecule has 2 aliphatic carbocycles. The summed E-state index contributed by atoms with van der Waals surface area (Å²) < 4.78 is 6.38. The van der Waals surface area contributed by atoms with Crippen LogP contribution in [0.4, 0.5) is 0 Å². The van der Waals surface area contributed by atoms with E-state index in [0.717, 1.165) is 0 Å². The lowest BCUT2D eigenvalue weighted by atomic mass is 9.75. The molecule has 0 unspecified atom stereocenters. The molecule has 2 aromatic rings. The maximum absolute atomic E-state index is 6.36. The summed E-state index contributed by atoms with van der Waals surface area (Å²) in [7, 11) is 0. The van der Waals surface area contributed by atoms with Crippen LogP contribution in [0.15, 0.2) is 48.5 Å². The number of fused-ring (bicyclic) bond motifs is 7. The van der Waals surface area contributed by atoms with Gasteiger partial charge >= 0.3 is 0 Å². The van der Waals surface area contributed by atoms with Crippen LogP contribution >= 0.6 is 12.0 Å². The molecule has 3 aliphatic rings. The molecule has 2 fully saturated rings. The van der Waals surface area contributed by atoms with Gasteiger partial charge in [0.2, 0.25) is 0 Å². The molecule has 2 aromatic carbocycles. The van der Waals surface area contributed by atoms with Crippen LogP contribution in [0.1, 0.15) is 49.7 Å². The van der Waals surface area contributed by atoms with Crippen molar-refractivity contribution in [3.8, 4) is 11.1 Å². The molecular weight excluding hydrogens is 300 g/mol. The first-order valence-electron chi connectivity index (χ1n) is 8.95. The van der Waals surface area contributed by atoms with Crippen LogP contribution in [0, 0.1) is 5.92 Å². The van der Waals surface area contributed by atoms with E-state index in [1.165, 1.54) is 60.8 Å². The number of hydrogen-bond donors (Lipinski definition) is 0. The van der Waals surface area contributed by atoms with Crippen LogP contribution in [-0.2, 0) is 8.93 Å². The summed E-state index contributed by atoms with van der Waals surface area (Å²) in [6.07, 6.45) is 8.35. The molecule has 1 saturated heterocycles. The Morgan fingerprint density at radius 3 is 2.09 bits per heavy atom. The monoisotopic (exact) mass is 322 g/mol. The van der Waals surface area contributed by atoms with Crippen LogP contribution in [0.2, 0.25) is 0 Å². The highest BCUT2D eigenvalue weighted by Crippen LogP contribution is 2.65. The van der Waals surface area contributed by atoms with Crippen molar-refractivity contribution >= 4 is 12.0 Å². The second-order valence-electron chi connectivity index (χ2n) is 7.14. The highest BCUT2D eigenvalue weighted by Gasteiger charge is 2.57. The Morgan fingerprint density at radius 1 is 0.783 bits per heavy atom. The average molecular weight is 322 g/mol. The summed E-state index contributed by atoms with van der Waals surface area (Å²) in [6, 6.07) is 18.0. The molecule has 1 aliphatic heterocycles. The first-order valence-corrected chi connectivity index (χ1v) is 9.69. The molecule has 0 N–H and O–H groups in total. The Hall–Kier alpha value is -1.25. The minimum absolute atomic E-state index is 0.0230. The molecule has 0 amide bonds. The molecule has 0 bridgehead atoms. The van der Waals surface area contributed by atoms with Crippen LogP contribution < -0.4 is 0 Å². The van der Waals surface area contributed by atoms with E-state index in [1.807, 2.05) is 0 Å². The smallest absolute Gasteiger partial charge is 0.0985 e. The number of benzene rings is 2. The zero-order valence-electron chi connectivity index (χ0n) is 13.3. The number of rotatable bonds is 0. The minimum Gasteiger partial charge on any atom is -0.310 e. The van der Waals surface area contributed by atoms with E-state index in [1.54, 1.807) is 12.0 Å². The van der Waals surface area contributed by atoms with Crippen LogP contribution in [0.5, 0.6) is 0 Å². The SMILES string of the molecule is c1ccc2c(c1)-c1ccccc1C21SO[C@H]2CCCCCC[C@@H]21. The Morgan fingerprint density at radius 2 is 1.39 bits per heavy atom. The average Bonchev–Trinajstić information content (AvgIpc) is 3.06. The van der Waals surface area contributed by atoms with Crippen molar-refractivity contribution in [1.29, 1.82) is 0 Å². The maximum atomic E-state index is 6.36. The molecule has 2 atom stereocenters. The first kappa shape index (κ1) is 14.1. The van der Waals surface area contributed by atoms with Gasteiger partial charge in [-0.15, -0.1) is 0 Å². The predicted octanol–water partition coefficient (Wildman–Crippen LogP) is 5.93. The lowest BCUT2D eigenvalue weighted by Crippen LogP contribution is -2.33. The van der Waals surface area contributed by atoms with Crippen molar-refractivity contribution in [3.05, 3.63) is 59.7 Å². The topological polar surface area (TPSA) is 9.23 Å². The van der Waals surface area contributed by atoms with Gasteiger partial charge in [-0.05, 0) is 35.1 Å². The van der Waals surface area contributed by atoms with Gasteiger partial charge in [-0.3, -0.25) is 0 Å². The van der Waals surface area contributed by atoms with Gasteiger partial charge in [0.1, 0.15) is 0 Å². The summed E-state index contributed by atoms with van der Waals surface area (Å²) in [4.78, 5) is 0. The van der Waals surface area contributed by atoms with Gasteiger partial charge < -0.3 is 4.18 Å². The molecule has 23 heavy (non-hydrogen) atoms. The van der Waals surface area contributed by atoms with Crippen LogP contribution in [0.25, 0.3) is 11.1 Å². The Balaban J connectivity index is 1.72. The van der Waals surface area contributed by atoms with E-state index in [4.69, 9.17) is 4.18 Å². The lowest BCUT2D eigenvalue weighted by molar-refractivity contribution is 0.150. The van der Waals surface area contributed by atoms with Gasteiger partial charge in [0.05, 0.1) is 10.9 Å². The van der Waals surface area contributed by atoms with E-state index < -0.39 is 0 Å². The summed E-state index contributed by atoms with van der Waals surface area (Å²) >= 11 is 1.76. The molecule has 1 spiro atoms. The molecular formula is C21H22OS. The summed E-state index contributed by atoms with van der Waals surface area (Å²) in [5, 5.41) is 0. The standard InChI is InChI=1S/C21H22OS/c1-2-4-14-20-19(13-3-1)21(23-22-20)17-11-7-5-9-15(17)16-10-6-8-12-18(16)21/h5-12,19-20H,1-4,13-14H2/t19-,20-/m0/s1. The highest BCUT2D eigenvalue weighted by atomic mass is 32.2. The molecule has 1 nitrogen and oxygen atoms in total. The van der Waals surface area contributed by atoms with E-state index >= 15 is 0 Å². The molecule has 0 radical (unpaired) electrons. The third-order valence-corrected chi connectivity index (χ3v) is 7.32. The van der Waals surface area contributed by atoms with E-state index in [0.29, 0.717) is 12.0 Å². The minimum atomic E-state index is 0.0230. The van der Waals surface area contributed by atoms with Crippen molar-refractivity contribution < 1.29 is 4.18 Å². The molecule has 1 heterocycles. The normalized spacial score (nSPS) is 27.8. The van der Waals surface area contributed by atoms with Crippen molar-refractivity contribution in [2.45, 2.75) is 49.4 Å². The quantitative estimate of drug-likeness (QED) is 0.556. The summed E-state index contributed by atoms with van der Waals surface area (Å²) in [6.45, 7) is 0. The van der Waals surface area contributed by atoms with Crippen molar-refractivity contribution in [2.24, 2.45) is 5.92 Å². The van der Waals surface area contributed by atoms with Gasteiger partial charge in [0, 0.05) is 18.0 Å². The van der Waals surface area contributed by atoms with Crippen molar-refractivity contribution in [1.82, 2.24) is 0 Å². The van der Waals surface area contributed by atoms with Gasteiger partial charge in [0.15, 0.2) is 0 Å². The maximum Gasteiger partial charge on any atom is 0.0985 e. The lowest BCUT2D eigenvalue weighted by Gasteiger charge is -2.33. The summed E-state index contributed by atoms with van der Waals surface area (Å²) in [5.74, 6) is 0.609. The van der Waals surface area contributed by atoms with E-state index in [-0.39, 0.29) is 4.75 Å². The second kappa shape index (κ2) is 5.39. The molecule has 0 aromatic heterocycles. The Labute approximate surface area is 142 Å². The molecule has 118 valence electrons. The molecule has 1 saturated carbocycles. The largest absolute Gasteiger partial charge is 0.310 e. The highest BCUT2D eigenvalue weighted by molar-refractivity contribution is 7.96.